The van der Waals surface area contributed by atoms with Crippen molar-refractivity contribution in [2.75, 3.05) is 10.6 Å². The SMILES string of the molecule is O=C1CCCC2=C1[C@H](c1ccc(F)cc1)n1ncc(C(=O)Nc3ccccc3)c1N2. The number of fused-ring (bicyclic) bond motifs is 1. The van der Waals surface area contributed by atoms with Crippen molar-refractivity contribution in [3.05, 3.63) is 89.0 Å². The number of aromatic nitrogens is 2. The lowest BCUT2D eigenvalue weighted by Crippen LogP contribution is -2.32. The number of hydrogen-bond donors (Lipinski definition) is 2. The van der Waals surface area contributed by atoms with Crippen LogP contribution in [0.3, 0.4) is 0 Å². The minimum Gasteiger partial charge on any atom is -0.343 e. The summed E-state index contributed by atoms with van der Waals surface area (Å²) in [5, 5.41) is 10.6. The lowest BCUT2D eigenvalue weighted by Gasteiger charge is -2.33. The Morgan fingerprint density at radius 2 is 1.87 bits per heavy atom. The van der Waals surface area contributed by atoms with E-state index in [2.05, 4.69) is 15.7 Å². The highest BCUT2D eigenvalue weighted by Crippen LogP contribution is 2.41. The number of ketones is 1. The van der Waals surface area contributed by atoms with Gasteiger partial charge in [0.15, 0.2) is 5.78 Å². The van der Waals surface area contributed by atoms with Crippen molar-refractivity contribution in [2.24, 2.45) is 0 Å². The smallest absolute Gasteiger partial charge is 0.261 e. The van der Waals surface area contributed by atoms with E-state index in [0.717, 1.165) is 17.7 Å². The number of nitrogens with zero attached hydrogens (tertiary/aromatic N) is 2. The molecule has 3 aromatic rings. The van der Waals surface area contributed by atoms with Gasteiger partial charge in [0.25, 0.3) is 5.91 Å². The van der Waals surface area contributed by atoms with Gasteiger partial charge in [-0.2, -0.15) is 5.10 Å². The summed E-state index contributed by atoms with van der Waals surface area (Å²) in [6.45, 7) is 0. The van der Waals surface area contributed by atoms with E-state index in [1.54, 1.807) is 16.8 Å². The minimum atomic E-state index is -0.497. The summed E-state index contributed by atoms with van der Waals surface area (Å²) >= 11 is 0. The van der Waals surface area contributed by atoms with Gasteiger partial charge in [-0.25, -0.2) is 9.07 Å². The molecular weight excluding hydrogens is 383 g/mol. The number of halogens is 1. The Kier molecular flexibility index (Phi) is 4.43. The highest BCUT2D eigenvalue weighted by atomic mass is 19.1. The Bertz CT molecular complexity index is 1170. The summed E-state index contributed by atoms with van der Waals surface area (Å²) in [6, 6.07) is 14.7. The molecule has 0 radical (unpaired) electrons. The van der Waals surface area contributed by atoms with Gasteiger partial charge in [0, 0.05) is 23.4 Å². The monoisotopic (exact) mass is 402 g/mol. The zero-order chi connectivity index (χ0) is 20.7. The Hall–Kier alpha value is -3.74. The van der Waals surface area contributed by atoms with Crippen molar-refractivity contribution >= 4 is 23.2 Å². The van der Waals surface area contributed by atoms with Gasteiger partial charge in [-0.3, -0.25) is 9.59 Å². The van der Waals surface area contributed by atoms with Crippen LogP contribution < -0.4 is 10.6 Å². The van der Waals surface area contributed by atoms with E-state index in [0.29, 0.717) is 35.5 Å². The minimum absolute atomic E-state index is 0.0505. The second-order valence-electron chi connectivity index (χ2n) is 7.42. The summed E-state index contributed by atoms with van der Waals surface area (Å²) in [5.41, 5.74) is 3.26. The van der Waals surface area contributed by atoms with Gasteiger partial charge in [0.2, 0.25) is 0 Å². The molecular formula is C23H19FN4O2. The number of para-hydroxylation sites is 1. The highest BCUT2D eigenvalue weighted by molar-refractivity contribution is 6.08. The predicted octanol–water partition coefficient (Wildman–Crippen LogP) is 4.30. The molecule has 2 heterocycles. The third kappa shape index (κ3) is 3.08. The number of Topliss-reactive ketones (excluding diaryl/α,β-unsaturated/α-hetero) is 1. The summed E-state index contributed by atoms with van der Waals surface area (Å²) in [7, 11) is 0. The molecule has 0 fully saturated rings. The van der Waals surface area contributed by atoms with Crippen molar-refractivity contribution in [3.8, 4) is 0 Å². The van der Waals surface area contributed by atoms with Crippen molar-refractivity contribution in [1.82, 2.24) is 9.78 Å². The van der Waals surface area contributed by atoms with E-state index >= 15 is 0 Å². The summed E-state index contributed by atoms with van der Waals surface area (Å²) in [6.07, 6.45) is 3.43. The molecule has 150 valence electrons. The molecule has 1 amide bonds. The topological polar surface area (TPSA) is 76.0 Å². The summed E-state index contributed by atoms with van der Waals surface area (Å²) in [4.78, 5) is 25.7. The molecule has 2 N–H and O–H groups in total. The largest absolute Gasteiger partial charge is 0.343 e. The molecule has 7 heteroatoms. The highest BCUT2D eigenvalue weighted by Gasteiger charge is 2.37. The average Bonchev–Trinajstić information content (AvgIpc) is 3.18. The number of carbonyl (C=O) groups excluding carboxylic acids is 2. The Morgan fingerprint density at radius 3 is 2.63 bits per heavy atom. The number of allylic oxidation sites excluding steroid dienone is 2. The molecule has 1 aromatic heterocycles. The van der Waals surface area contributed by atoms with Crippen LogP contribution in [0.1, 0.15) is 41.2 Å². The maximum absolute atomic E-state index is 13.5. The molecule has 2 aliphatic rings. The fourth-order valence-corrected chi connectivity index (χ4v) is 4.10. The van der Waals surface area contributed by atoms with Gasteiger partial charge in [-0.05, 0) is 42.7 Å². The Morgan fingerprint density at radius 1 is 1.10 bits per heavy atom. The lowest BCUT2D eigenvalue weighted by atomic mass is 9.85. The second-order valence-corrected chi connectivity index (χ2v) is 7.42. The van der Waals surface area contributed by atoms with Gasteiger partial charge in [0.1, 0.15) is 23.2 Å². The fourth-order valence-electron chi connectivity index (χ4n) is 4.10. The van der Waals surface area contributed by atoms with Crippen LogP contribution in [0.4, 0.5) is 15.9 Å². The van der Waals surface area contributed by atoms with Crippen LogP contribution in [0.5, 0.6) is 0 Å². The normalized spacial score (nSPS) is 17.8. The summed E-state index contributed by atoms with van der Waals surface area (Å²) < 4.78 is 15.2. The van der Waals surface area contributed by atoms with Gasteiger partial charge in [0.05, 0.1) is 6.20 Å². The van der Waals surface area contributed by atoms with E-state index in [1.165, 1.54) is 18.3 Å². The van der Waals surface area contributed by atoms with Crippen LogP contribution in [0.25, 0.3) is 0 Å². The Labute approximate surface area is 172 Å². The molecule has 1 atom stereocenters. The van der Waals surface area contributed by atoms with Gasteiger partial charge < -0.3 is 10.6 Å². The van der Waals surface area contributed by atoms with Gasteiger partial charge >= 0.3 is 0 Å². The molecule has 1 aliphatic heterocycles. The number of rotatable bonds is 3. The van der Waals surface area contributed by atoms with Crippen LogP contribution in [-0.4, -0.2) is 21.5 Å². The van der Waals surface area contributed by atoms with Crippen molar-refractivity contribution in [2.45, 2.75) is 25.3 Å². The first kappa shape index (κ1) is 18.3. The molecule has 0 saturated carbocycles. The van der Waals surface area contributed by atoms with E-state index in [4.69, 9.17) is 0 Å². The van der Waals surface area contributed by atoms with Crippen LogP contribution in [0.2, 0.25) is 0 Å². The molecule has 2 aromatic carbocycles. The molecule has 0 bridgehead atoms. The first-order valence-electron chi connectivity index (χ1n) is 9.84. The molecule has 1 aliphatic carbocycles. The number of amides is 1. The number of anilines is 2. The van der Waals surface area contributed by atoms with Gasteiger partial charge in [-0.15, -0.1) is 0 Å². The number of nitrogens with one attached hydrogen (secondary N) is 2. The quantitative estimate of drug-likeness (QED) is 0.685. The van der Waals surface area contributed by atoms with Crippen LogP contribution in [0.15, 0.2) is 72.1 Å². The molecule has 0 spiro atoms. The third-order valence-corrected chi connectivity index (χ3v) is 5.50. The Balaban J connectivity index is 1.58. The maximum atomic E-state index is 13.5. The van der Waals surface area contributed by atoms with E-state index in [1.807, 2.05) is 30.3 Å². The van der Waals surface area contributed by atoms with Crippen molar-refractivity contribution in [1.29, 1.82) is 0 Å². The standard InChI is InChI=1S/C23H19FN4O2/c24-15-11-9-14(10-12-15)21-20-18(7-4-8-19(20)29)27-22-17(13-25-28(21)22)23(30)26-16-5-2-1-3-6-16/h1-3,5-6,9-13,21,27H,4,7-8H2,(H,26,30)/t21-/m0/s1. The molecule has 6 nitrogen and oxygen atoms in total. The van der Waals surface area contributed by atoms with Crippen molar-refractivity contribution < 1.29 is 14.0 Å². The molecule has 0 unspecified atom stereocenters. The molecule has 30 heavy (non-hydrogen) atoms. The average molecular weight is 402 g/mol. The fraction of sp³-hybridized carbons (Fsp3) is 0.174. The van der Waals surface area contributed by atoms with Crippen molar-refractivity contribution in [3.63, 3.8) is 0 Å². The number of hydrogen-bond acceptors (Lipinski definition) is 4. The van der Waals surface area contributed by atoms with E-state index in [-0.39, 0.29) is 17.5 Å². The van der Waals surface area contributed by atoms with E-state index in [9.17, 15) is 14.0 Å². The number of benzene rings is 2. The zero-order valence-corrected chi connectivity index (χ0v) is 16.1. The van der Waals surface area contributed by atoms with Gasteiger partial charge in [-0.1, -0.05) is 30.3 Å². The van der Waals surface area contributed by atoms with Crippen LogP contribution >= 0.6 is 0 Å². The van der Waals surface area contributed by atoms with Crippen LogP contribution in [0, 0.1) is 5.82 Å². The molecule has 5 rings (SSSR count). The van der Waals surface area contributed by atoms with E-state index < -0.39 is 6.04 Å². The second kappa shape index (κ2) is 7.26. The zero-order valence-electron chi connectivity index (χ0n) is 16.1. The predicted molar refractivity (Wildman–Crippen MR) is 111 cm³/mol. The number of carbonyl (C=O) groups is 2. The summed E-state index contributed by atoms with van der Waals surface area (Å²) in [5.74, 6) is -0.0554. The van der Waals surface area contributed by atoms with Crippen LogP contribution in [-0.2, 0) is 4.79 Å². The maximum Gasteiger partial charge on any atom is 0.261 e. The first-order valence-corrected chi connectivity index (χ1v) is 9.84. The lowest BCUT2D eigenvalue weighted by molar-refractivity contribution is -0.116. The third-order valence-electron chi connectivity index (χ3n) is 5.50. The first-order chi connectivity index (χ1) is 14.6. The molecule has 0 saturated heterocycles.